The number of carbonyl (C=O) groups is 1. The third-order valence-electron chi connectivity index (χ3n) is 4.09. The highest BCUT2D eigenvalue weighted by molar-refractivity contribution is 5.85. The number of nitrogens with zero attached hydrogens (tertiary/aromatic N) is 2. The highest BCUT2D eigenvalue weighted by Crippen LogP contribution is 2.22. The number of likely N-dealkylation sites (N-methyl/N-ethyl adjacent to an activating group) is 1. The van der Waals surface area contributed by atoms with Crippen molar-refractivity contribution in [1.82, 2.24) is 9.80 Å². The van der Waals surface area contributed by atoms with Gasteiger partial charge in [-0.25, -0.2) is 4.79 Å². The van der Waals surface area contributed by atoms with Gasteiger partial charge in [0.15, 0.2) is 0 Å². The van der Waals surface area contributed by atoms with E-state index < -0.39 is 5.97 Å². The van der Waals surface area contributed by atoms with Gasteiger partial charge in [-0.05, 0) is 37.2 Å². The monoisotopic (exact) mass is 288 g/mol. The second-order valence-electron chi connectivity index (χ2n) is 6.12. The summed E-state index contributed by atoms with van der Waals surface area (Å²) in [5, 5.41) is 8.68. The Bertz CT molecular complexity index is 525. The molecule has 2 rings (SSSR count). The van der Waals surface area contributed by atoms with E-state index >= 15 is 0 Å². The van der Waals surface area contributed by atoms with Gasteiger partial charge in [-0.1, -0.05) is 31.2 Å². The molecule has 0 radical (unpaired) electrons. The SMILES string of the molecule is CC1CN(Cc2cccc(/C=C/C(=O)O)c2)CC1N(C)C. The quantitative estimate of drug-likeness (QED) is 0.843. The summed E-state index contributed by atoms with van der Waals surface area (Å²) < 4.78 is 0. The number of hydrogen-bond donors (Lipinski definition) is 1. The van der Waals surface area contributed by atoms with E-state index in [0.29, 0.717) is 12.0 Å². The molecule has 21 heavy (non-hydrogen) atoms. The summed E-state index contributed by atoms with van der Waals surface area (Å²) in [4.78, 5) is 15.3. The molecular formula is C17H24N2O2. The minimum Gasteiger partial charge on any atom is -0.478 e. The van der Waals surface area contributed by atoms with Gasteiger partial charge in [0, 0.05) is 31.8 Å². The van der Waals surface area contributed by atoms with Gasteiger partial charge >= 0.3 is 5.97 Å². The average molecular weight is 288 g/mol. The van der Waals surface area contributed by atoms with Crippen LogP contribution in [-0.2, 0) is 11.3 Å². The van der Waals surface area contributed by atoms with Crippen molar-refractivity contribution in [3.63, 3.8) is 0 Å². The number of carboxylic acid groups (broad SMARTS) is 1. The first-order chi connectivity index (χ1) is 9.95. The smallest absolute Gasteiger partial charge is 0.328 e. The number of rotatable bonds is 5. The Hall–Kier alpha value is -1.65. The number of carboxylic acids is 1. The van der Waals surface area contributed by atoms with E-state index in [2.05, 4.69) is 43.0 Å². The van der Waals surface area contributed by atoms with Gasteiger partial charge in [-0.3, -0.25) is 4.90 Å². The molecule has 1 aromatic rings. The van der Waals surface area contributed by atoms with E-state index in [1.807, 2.05) is 12.1 Å². The Kier molecular flexibility index (Phi) is 5.15. The van der Waals surface area contributed by atoms with Crippen LogP contribution in [0.3, 0.4) is 0 Å². The predicted molar refractivity (Wildman–Crippen MR) is 85.0 cm³/mol. The van der Waals surface area contributed by atoms with E-state index in [1.54, 1.807) is 6.08 Å². The van der Waals surface area contributed by atoms with Crippen molar-refractivity contribution in [3.05, 3.63) is 41.5 Å². The highest BCUT2D eigenvalue weighted by atomic mass is 16.4. The number of benzene rings is 1. The molecule has 0 amide bonds. The Morgan fingerprint density at radius 3 is 2.81 bits per heavy atom. The van der Waals surface area contributed by atoms with E-state index in [1.165, 1.54) is 11.6 Å². The zero-order valence-electron chi connectivity index (χ0n) is 13.0. The van der Waals surface area contributed by atoms with Gasteiger partial charge in [0.1, 0.15) is 0 Å². The molecule has 1 fully saturated rings. The maximum atomic E-state index is 10.6. The molecule has 1 aromatic carbocycles. The lowest BCUT2D eigenvalue weighted by atomic mass is 10.1. The van der Waals surface area contributed by atoms with Crippen LogP contribution in [0, 0.1) is 5.92 Å². The van der Waals surface area contributed by atoms with Gasteiger partial charge in [0.25, 0.3) is 0 Å². The Morgan fingerprint density at radius 1 is 1.43 bits per heavy atom. The molecule has 0 aromatic heterocycles. The normalized spacial score (nSPS) is 23.2. The Labute approximate surface area is 126 Å². The largest absolute Gasteiger partial charge is 0.478 e. The standard InChI is InChI=1S/C17H24N2O2/c1-13-10-19(12-16(13)18(2)3)11-15-6-4-5-14(9-15)7-8-17(20)21/h4-9,13,16H,10-12H2,1-3H3,(H,20,21)/b8-7+. The predicted octanol–water partition coefficient (Wildman–Crippen LogP) is 2.17. The minimum absolute atomic E-state index is 0.611. The molecule has 0 saturated carbocycles. The summed E-state index contributed by atoms with van der Waals surface area (Å²) in [7, 11) is 4.28. The second-order valence-corrected chi connectivity index (χ2v) is 6.12. The van der Waals surface area contributed by atoms with Gasteiger partial charge in [0.05, 0.1) is 0 Å². The third kappa shape index (κ3) is 4.41. The van der Waals surface area contributed by atoms with Gasteiger partial charge in [0.2, 0.25) is 0 Å². The van der Waals surface area contributed by atoms with Crippen LogP contribution in [-0.4, -0.2) is 54.1 Å². The van der Waals surface area contributed by atoms with Crippen LogP contribution < -0.4 is 0 Å². The van der Waals surface area contributed by atoms with Crippen molar-refractivity contribution in [1.29, 1.82) is 0 Å². The fraction of sp³-hybridized carbons (Fsp3) is 0.471. The molecule has 1 saturated heterocycles. The maximum Gasteiger partial charge on any atom is 0.328 e. The summed E-state index contributed by atoms with van der Waals surface area (Å²) in [6, 6.07) is 8.69. The fourth-order valence-electron chi connectivity index (χ4n) is 3.07. The molecule has 114 valence electrons. The van der Waals surface area contributed by atoms with Crippen LogP contribution >= 0.6 is 0 Å². The Morgan fingerprint density at radius 2 is 2.19 bits per heavy atom. The van der Waals surface area contributed by atoms with Crippen molar-refractivity contribution >= 4 is 12.0 Å². The first kappa shape index (κ1) is 15.7. The topological polar surface area (TPSA) is 43.8 Å². The first-order valence-corrected chi connectivity index (χ1v) is 7.34. The second kappa shape index (κ2) is 6.87. The average Bonchev–Trinajstić information content (AvgIpc) is 2.78. The Balaban J connectivity index is 2.01. The maximum absolute atomic E-state index is 10.6. The molecule has 1 N–H and O–H groups in total. The zero-order valence-corrected chi connectivity index (χ0v) is 13.0. The number of aliphatic carboxylic acids is 1. The number of likely N-dealkylation sites (tertiary alicyclic amines) is 1. The van der Waals surface area contributed by atoms with E-state index in [9.17, 15) is 4.79 Å². The van der Waals surface area contributed by atoms with E-state index in [4.69, 9.17) is 5.11 Å². The van der Waals surface area contributed by atoms with Gasteiger partial charge < -0.3 is 10.0 Å². The third-order valence-corrected chi connectivity index (χ3v) is 4.09. The van der Waals surface area contributed by atoms with Gasteiger partial charge in [-0.2, -0.15) is 0 Å². The molecule has 1 heterocycles. The lowest BCUT2D eigenvalue weighted by Crippen LogP contribution is -2.34. The lowest BCUT2D eigenvalue weighted by molar-refractivity contribution is -0.131. The molecular weight excluding hydrogens is 264 g/mol. The molecule has 4 nitrogen and oxygen atoms in total. The molecule has 0 bridgehead atoms. The van der Waals surface area contributed by atoms with Crippen LogP contribution in [0.4, 0.5) is 0 Å². The molecule has 4 heteroatoms. The summed E-state index contributed by atoms with van der Waals surface area (Å²) in [5.41, 5.74) is 2.17. The van der Waals surface area contributed by atoms with E-state index in [0.717, 1.165) is 25.2 Å². The van der Waals surface area contributed by atoms with Crippen molar-refractivity contribution in [2.75, 3.05) is 27.2 Å². The van der Waals surface area contributed by atoms with Crippen LogP contribution in [0.25, 0.3) is 6.08 Å². The summed E-state index contributed by atoms with van der Waals surface area (Å²) in [6.07, 6.45) is 2.82. The van der Waals surface area contributed by atoms with Gasteiger partial charge in [-0.15, -0.1) is 0 Å². The molecule has 0 spiro atoms. The number of hydrogen-bond acceptors (Lipinski definition) is 3. The summed E-state index contributed by atoms with van der Waals surface area (Å²) >= 11 is 0. The van der Waals surface area contributed by atoms with Crippen molar-refractivity contribution in [3.8, 4) is 0 Å². The summed E-state index contributed by atoms with van der Waals surface area (Å²) in [6.45, 7) is 5.42. The lowest BCUT2D eigenvalue weighted by Gasteiger charge is -2.22. The van der Waals surface area contributed by atoms with Crippen LogP contribution in [0.1, 0.15) is 18.1 Å². The summed E-state index contributed by atoms with van der Waals surface area (Å²) in [5.74, 6) is -0.238. The van der Waals surface area contributed by atoms with Crippen LogP contribution in [0.15, 0.2) is 30.3 Å². The fourth-order valence-corrected chi connectivity index (χ4v) is 3.07. The first-order valence-electron chi connectivity index (χ1n) is 7.34. The van der Waals surface area contributed by atoms with Crippen LogP contribution in [0.5, 0.6) is 0 Å². The molecule has 2 unspecified atom stereocenters. The minimum atomic E-state index is -0.914. The van der Waals surface area contributed by atoms with E-state index in [-0.39, 0.29) is 0 Å². The molecule has 0 aliphatic carbocycles. The van der Waals surface area contributed by atoms with Crippen molar-refractivity contribution in [2.45, 2.75) is 19.5 Å². The molecule has 1 aliphatic rings. The molecule has 2 atom stereocenters. The highest BCUT2D eigenvalue weighted by Gasteiger charge is 2.30. The molecule has 1 aliphatic heterocycles. The van der Waals surface area contributed by atoms with Crippen LogP contribution in [0.2, 0.25) is 0 Å². The van der Waals surface area contributed by atoms with Crippen molar-refractivity contribution < 1.29 is 9.90 Å². The van der Waals surface area contributed by atoms with Crippen molar-refractivity contribution in [2.24, 2.45) is 5.92 Å². The zero-order chi connectivity index (χ0) is 15.4.